The van der Waals surface area contributed by atoms with Gasteiger partial charge in [-0.3, -0.25) is 23.3 Å². The minimum atomic E-state index is -0.613. The maximum absolute atomic E-state index is 13.4. The Balaban J connectivity index is 0.00000408. The number of allylic oxidation sites excluding steroid dienone is 2. The molecule has 9 nitrogen and oxygen atoms in total. The fourth-order valence-corrected chi connectivity index (χ4v) is 3.22. The van der Waals surface area contributed by atoms with E-state index in [2.05, 4.69) is 4.98 Å². The molecule has 0 amide bonds. The SMILES string of the molecule is CC(C)=CCn1c(OCC(C)(C)CN)nc2c1c(=O)n(CC(=O)c1ccccc1)c(=O)n2C.Cl. The number of fused-ring (bicyclic) bond motifs is 1. The molecule has 10 heteroatoms. The first kappa shape index (κ1) is 27.1. The fourth-order valence-electron chi connectivity index (χ4n) is 3.22. The number of rotatable bonds is 9. The van der Waals surface area contributed by atoms with Crippen molar-refractivity contribution in [1.29, 1.82) is 0 Å². The minimum absolute atomic E-state index is 0. The van der Waals surface area contributed by atoms with Crippen LogP contribution < -0.4 is 21.7 Å². The summed E-state index contributed by atoms with van der Waals surface area (Å²) in [4.78, 5) is 43.6. The van der Waals surface area contributed by atoms with E-state index in [1.165, 1.54) is 11.6 Å². The molecule has 0 saturated heterocycles. The van der Waals surface area contributed by atoms with Crippen LogP contribution in [0, 0.1) is 5.41 Å². The molecule has 34 heavy (non-hydrogen) atoms. The molecule has 0 unspecified atom stereocenters. The van der Waals surface area contributed by atoms with Crippen molar-refractivity contribution in [2.75, 3.05) is 13.2 Å². The number of Topliss-reactive ketones (excluding diaryl/α,β-unsaturated/α-hetero) is 1. The Hall–Kier alpha value is -3.17. The number of aromatic nitrogens is 4. The zero-order valence-corrected chi connectivity index (χ0v) is 21.0. The normalized spacial score (nSPS) is 11.2. The van der Waals surface area contributed by atoms with Gasteiger partial charge in [0.15, 0.2) is 16.9 Å². The van der Waals surface area contributed by atoms with Crippen LogP contribution in [0.5, 0.6) is 6.01 Å². The number of carbonyl (C=O) groups is 1. The standard InChI is InChI=1S/C24H31N5O4.ClH/c1-16(2)11-12-28-19-20(26-22(28)33-15-24(3,4)14-25)27(5)23(32)29(21(19)31)13-18(30)17-9-7-6-8-10-17;/h6-11H,12-15,25H2,1-5H3;1H. The van der Waals surface area contributed by atoms with Crippen molar-refractivity contribution in [2.45, 2.75) is 40.8 Å². The number of ketones is 1. The van der Waals surface area contributed by atoms with Gasteiger partial charge in [-0.2, -0.15) is 4.98 Å². The van der Waals surface area contributed by atoms with Crippen LogP contribution in [-0.2, 0) is 20.1 Å². The van der Waals surface area contributed by atoms with Gasteiger partial charge in [-0.05, 0) is 13.8 Å². The largest absolute Gasteiger partial charge is 0.464 e. The average Bonchev–Trinajstić information content (AvgIpc) is 3.17. The number of carbonyl (C=O) groups excluding carboxylic acids is 1. The number of imidazole rings is 1. The first-order valence-corrected chi connectivity index (χ1v) is 10.8. The summed E-state index contributed by atoms with van der Waals surface area (Å²) in [5.74, 6) is -0.328. The van der Waals surface area contributed by atoms with E-state index >= 15 is 0 Å². The van der Waals surface area contributed by atoms with Crippen LogP contribution in [0.2, 0.25) is 0 Å². The van der Waals surface area contributed by atoms with Gasteiger partial charge in [-0.15, -0.1) is 12.4 Å². The summed E-state index contributed by atoms with van der Waals surface area (Å²) in [6.07, 6.45) is 1.94. The first-order valence-electron chi connectivity index (χ1n) is 10.8. The van der Waals surface area contributed by atoms with Crippen molar-refractivity contribution in [3.8, 4) is 6.01 Å². The molecule has 2 aromatic heterocycles. The third kappa shape index (κ3) is 5.66. The molecule has 0 fully saturated rings. The molecule has 2 heterocycles. The molecule has 0 spiro atoms. The Morgan fingerprint density at radius 2 is 1.79 bits per heavy atom. The molecular weight excluding hydrogens is 458 g/mol. The summed E-state index contributed by atoms with van der Waals surface area (Å²) in [7, 11) is 1.53. The minimum Gasteiger partial charge on any atom is -0.464 e. The zero-order chi connectivity index (χ0) is 24.3. The lowest BCUT2D eigenvalue weighted by Gasteiger charge is -2.22. The number of benzene rings is 1. The van der Waals surface area contributed by atoms with E-state index in [0.29, 0.717) is 18.7 Å². The maximum Gasteiger partial charge on any atom is 0.332 e. The molecule has 0 saturated carbocycles. The van der Waals surface area contributed by atoms with Crippen molar-refractivity contribution in [1.82, 2.24) is 18.7 Å². The van der Waals surface area contributed by atoms with Crippen LogP contribution in [0.25, 0.3) is 11.2 Å². The predicted molar refractivity (Wildman–Crippen MR) is 135 cm³/mol. The molecule has 0 aliphatic carbocycles. The number of halogens is 1. The summed E-state index contributed by atoms with van der Waals surface area (Å²) < 4.78 is 9.82. The van der Waals surface area contributed by atoms with E-state index in [1.807, 2.05) is 33.8 Å². The lowest BCUT2D eigenvalue weighted by molar-refractivity contribution is 0.0969. The van der Waals surface area contributed by atoms with Gasteiger partial charge in [0, 0.05) is 31.1 Å². The van der Waals surface area contributed by atoms with Crippen LogP contribution in [0.15, 0.2) is 51.6 Å². The smallest absolute Gasteiger partial charge is 0.332 e. The quantitative estimate of drug-likeness (QED) is 0.365. The number of hydrogen-bond acceptors (Lipinski definition) is 6. The van der Waals surface area contributed by atoms with Crippen molar-refractivity contribution >= 4 is 29.4 Å². The topological polar surface area (TPSA) is 114 Å². The molecule has 2 N–H and O–H groups in total. The van der Waals surface area contributed by atoms with Gasteiger partial charge in [-0.25, -0.2) is 4.79 Å². The highest BCUT2D eigenvalue weighted by molar-refractivity contribution is 5.95. The molecule has 3 rings (SSSR count). The van der Waals surface area contributed by atoms with E-state index in [4.69, 9.17) is 10.5 Å². The summed E-state index contributed by atoms with van der Waals surface area (Å²) >= 11 is 0. The van der Waals surface area contributed by atoms with Gasteiger partial charge in [-0.1, -0.05) is 55.8 Å². The second-order valence-corrected chi connectivity index (χ2v) is 9.14. The first-order chi connectivity index (χ1) is 15.6. The third-order valence-corrected chi connectivity index (χ3v) is 5.42. The monoisotopic (exact) mass is 489 g/mol. The Kier molecular flexibility index (Phi) is 8.63. The Morgan fingerprint density at radius 1 is 1.15 bits per heavy atom. The van der Waals surface area contributed by atoms with E-state index in [9.17, 15) is 14.4 Å². The van der Waals surface area contributed by atoms with E-state index in [-0.39, 0.29) is 53.9 Å². The van der Waals surface area contributed by atoms with Gasteiger partial charge in [0.05, 0.1) is 13.2 Å². The van der Waals surface area contributed by atoms with E-state index in [0.717, 1.165) is 10.1 Å². The molecule has 184 valence electrons. The highest BCUT2D eigenvalue weighted by atomic mass is 35.5. The summed E-state index contributed by atoms with van der Waals surface area (Å²) in [5, 5.41) is 0. The van der Waals surface area contributed by atoms with Crippen LogP contribution in [0.1, 0.15) is 38.1 Å². The van der Waals surface area contributed by atoms with Crippen LogP contribution in [0.3, 0.4) is 0 Å². The van der Waals surface area contributed by atoms with Crippen molar-refractivity contribution in [2.24, 2.45) is 18.2 Å². The number of nitrogens with zero attached hydrogens (tertiary/aromatic N) is 4. The summed E-state index contributed by atoms with van der Waals surface area (Å²) in [6, 6.07) is 8.80. The van der Waals surface area contributed by atoms with Crippen molar-refractivity contribution in [3.05, 3.63) is 68.4 Å². The summed E-state index contributed by atoms with van der Waals surface area (Å²) in [5.41, 5.74) is 6.21. The Bertz CT molecular complexity index is 1320. The fraction of sp³-hybridized carbons (Fsp3) is 0.417. The number of hydrogen-bond donors (Lipinski definition) is 1. The van der Waals surface area contributed by atoms with E-state index in [1.54, 1.807) is 34.9 Å². The second-order valence-electron chi connectivity index (χ2n) is 9.14. The van der Waals surface area contributed by atoms with Gasteiger partial charge in [0.25, 0.3) is 11.6 Å². The zero-order valence-electron chi connectivity index (χ0n) is 20.2. The molecule has 0 radical (unpaired) electrons. The highest BCUT2D eigenvalue weighted by Gasteiger charge is 2.24. The van der Waals surface area contributed by atoms with Gasteiger partial charge in [0.2, 0.25) is 0 Å². The molecule has 3 aromatic rings. The third-order valence-electron chi connectivity index (χ3n) is 5.42. The Labute approximate surface area is 204 Å². The lowest BCUT2D eigenvalue weighted by atomic mass is 9.95. The second kappa shape index (κ2) is 10.8. The van der Waals surface area contributed by atoms with Crippen LogP contribution in [0.4, 0.5) is 0 Å². The van der Waals surface area contributed by atoms with Crippen LogP contribution >= 0.6 is 12.4 Å². The van der Waals surface area contributed by atoms with E-state index < -0.39 is 11.2 Å². The summed E-state index contributed by atoms with van der Waals surface area (Å²) in [6.45, 7) is 8.49. The molecular formula is C24H32ClN5O4. The molecule has 0 atom stereocenters. The highest BCUT2D eigenvalue weighted by Crippen LogP contribution is 2.21. The molecule has 0 aliphatic heterocycles. The van der Waals surface area contributed by atoms with Crippen molar-refractivity contribution in [3.63, 3.8) is 0 Å². The molecule has 0 aliphatic rings. The number of nitrogens with two attached hydrogens (primary N) is 1. The Morgan fingerprint density at radius 3 is 2.38 bits per heavy atom. The number of ether oxygens (including phenoxy) is 1. The van der Waals surface area contributed by atoms with Crippen LogP contribution in [-0.4, -0.2) is 37.6 Å². The molecule has 0 bridgehead atoms. The maximum atomic E-state index is 13.4. The lowest BCUT2D eigenvalue weighted by Crippen LogP contribution is -2.41. The van der Waals surface area contributed by atoms with Crippen molar-refractivity contribution < 1.29 is 9.53 Å². The van der Waals surface area contributed by atoms with Gasteiger partial charge in [0.1, 0.15) is 0 Å². The number of aryl methyl sites for hydroxylation is 1. The van der Waals surface area contributed by atoms with Gasteiger partial charge < -0.3 is 10.5 Å². The molecule has 1 aromatic carbocycles. The predicted octanol–water partition coefficient (Wildman–Crippen LogP) is 2.53. The average molecular weight is 490 g/mol. The van der Waals surface area contributed by atoms with Gasteiger partial charge >= 0.3 is 5.69 Å².